The molecule has 122 valence electrons. The average Bonchev–Trinajstić information content (AvgIpc) is 3.29. The molecule has 1 unspecified atom stereocenters. The van der Waals surface area contributed by atoms with Crippen LogP contribution in [0.15, 0.2) is 30.5 Å². The van der Waals surface area contributed by atoms with Gasteiger partial charge in [-0.1, -0.05) is 17.7 Å². The van der Waals surface area contributed by atoms with Crippen LogP contribution in [0.1, 0.15) is 35.3 Å². The van der Waals surface area contributed by atoms with Gasteiger partial charge in [-0.25, -0.2) is 4.68 Å². The van der Waals surface area contributed by atoms with Crippen LogP contribution in [0.3, 0.4) is 0 Å². The number of nitrogens with zero attached hydrogens (tertiary/aromatic N) is 2. The molecule has 1 aromatic heterocycles. The van der Waals surface area contributed by atoms with Crippen molar-refractivity contribution in [2.75, 3.05) is 6.61 Å². The maximum Gasteiger partial charge on any atom is 0.254 e. The molecule has 23 heavy (non-hydrogen) atoms. The first-order valence-corrected chi connectivity index (χ1v) is 8.20. The molecule has 2 aromatic rings. The number of carbonyl (C=O) groups is 1. The van der Waals surface area contributed by atoms with Crippen LogP contribution in [0.4, 0.5) is 0 Å². The summed E-state index contributed by atoms with van der Waals surface area (Å²) in [6.45, 7) is 1.95. The highest BCUT2D eigenvalue weighted by Crippen LogP contribution is 2.34. The van der Waals surface area contributed by atoms with Gasteiger partial charge in [0.05, 0.1) is 23.1 Å². The van der Waals surface area contributed by atoms with Gasteiger partial charge in [-0.2, -0.15) is 5.10 Å². The van der Waals surface area contributed by atoms with E-state index in [9.17, 15) is 4.79 Å². The van der Waals surface area contributed by atoms with E-state index in [0.717, 1.165) is 24.2 Å². The van der Waals surface area contributed by atoms with Gasteiger partial charge in [0, 0.05) is 17.7 Å². The van der Waals surface area contributed by atoms with Crippen molar-refractivity contribution < 1.29 is 9.90 Å². The zero-order chi connectivity index (χ0) is 16.4. The van der Waals surface area contributed by atoms with E-state index in [1.165, 1.54) is 0 Å². The number of aliphatic hydroxyl groups excluding tert-OH is 1. The standard InChI is InChI=1S/C17H20ClN3O2/c1-11-15(17(23)20-16(7-8-22)12-5-6-12)10-19-21(11)14-4-2-3-13(18)9-14/h2-4,9-10,12,16,22H,5-8H2,1H3,(H,20,23). The van der Waals surface area contributed by atoms with Crippen LogP contribution in [-0.2, 0) is 0 Å². The van der Waals surface area contributed by atoms with Crippen LogP contribution in [0, 0.1) is 12.8 Å². The van der Waals surface area contributed by atoms with E-state index in [0.29, 0.717) is 22.9 Å². The molecule has 1 amide bonds. The summed E-state index contributed by atoms with van der Waals surface area (Å²) in [4.78, 5) is 12.5. The fourth-order valence-corrected chi connectivity index (χ4v) is 2.99. The highest BCUT2D eigenvalue weighted by Gasteiger charge is 2.32. The van der Waals surface area contributed by atoms with Crippen molar-refractivity contribution in [1.29, 1.82) is 0 Å². The molecule has 1 aliphatic rings. The number of rotatable bonds is 6. The summed E-state index contributed by atoms with van der Waals surface area (Å²) in [5, 5.41) is 17.1. The van der Waals surface area contributed by atoms with Crippen molar-refractivity contribution >= 4 is 17.5 Å². The van der Waals surface area contributed by atoms with Crippen LogP contribution < -0.4 is 5.32 Å². The number of aromatic nitrogens is 2. The number of halogens is 1. The van der Waals surface area contributed by atoms with E-state index < -0.39 is 0 Å². The van der Waals surface area contributed by atoms with Gasteiger partial charge in [0.1, 0.15) is 0 Å². The minimum Gasteiger partial charge on any atom is -0.396 e. The summed E-state index contributed by atoms with van der Waals surface area (Å²) < 4.78 is 1.71. The van der Waals surface area contributed by atoms with Crippen LogP contribution in [0.25, 0.3) is 5.69 Å². The van der Waals surface area contributed by atoms with Crippen molar-refractivity contribution in [2.24, 2.45) is 5.92 Å². The van der Waals surface area contributed by atoms with Gasteiger partial charge in [0.2, 0.25) is 0 Å². The Bertz CT molecular complexity index is 710. The smallest absolute Gasteiger partial charge is 0.254 e. The Hall–Kier alpha value is -1.85. The Morgan fingerprint density at radius 3 is 2.96 bits per heavy atom. The lowest BCUT2D eigenvalue weighted by Gasteiger charge is -2.17. The first kappa shape index (κ1) is 16.0. The molecule has 6 heteroatoms. The summed E-state index contributed by atoms with van der Waals surface area (Å²) in [5.74, 6) is 0.357. The zero-order valence-corrected chi connectivity index (χ0v) is 13.8. The highest BCUT2D eigenvalue weighted by molar-refractivity contribution is 6.30. The molecule has 5 nitrogen and oxygen atoms in total. The first-order valence-electron chi connectivity index (χ1n) is 7.82. The Kier molecular flexibility index (Phi) is 4.68. The minimum atomic E-state index is -0.138. The molecule has 0 spiro atoms. The Morgan fingerprint density at radius 1 is 1.52 bits per heavy atom. The van der Waals surface area contributed by atoms with E-state index in [4.69, 9.17) is 16.7 Å². The molecule has 1 aliphatic carbocycles. The maximum absolute atomic E-state index is 12.5. The number of benzene rings is 1. The predicted octanol–water partition coefficient (Wildman–Crippen LogP) is 2.72. The lowest BCUT2D eigenvalue weighted by atomic mass is 10.1. The van der Waals surface area contributed by atoms with E-state index in [1.807, 2.05) is 25.1 Å². The largest absolute Gasteiger partial charge is 0.396 e. The number of hydrogen-bond donors (Lipinski definition) is 2. The number of aliphatic hydroxyl groups is 1. The second-order valence-corrected chi connectivity index (χ2v) is 6.40. The maximum atomic E-state index is 12.5. The molecular formula is C17H20ClN3O2. The van der Waals surface area contributed by atoms with Gasteiger partial charge >= 0.3 is 0 Å². The molecule has 0 aliphatic heterocycles. The number of nitrogens with one attached hydrogen (secondary N) is 1. The second-order valence-electron chi connectivity index (χ2n) is 5.96. The van der Waals surface area contributed by atoms with Gasteiger partial charge in [-0.3, -0.25) is 4.79 Å². The SMILES string of the molecule is Cc1c(C(=O)NC(CCO)C2CC2)cnn1-c1cccc(Cl)c1. The third-order valence-corrected chi connectivity index (χ3v) is 4.49. The molecule has 1 atom stereocenters. The van der Waals surface area contributed by atoms with Crippen molar-refractivity contribution in [3.63, 3.8) is 0 Å². The lowest BCUT2D eigenvalue weighted by molar-refractivity contribution is 0.0923. The topological polar surface area (TPSA) is 67.2 Å². The van der Waals surface area contributed by atoms with Crippen molar-refractivity contribution in [3.05, 3.63) is 46.7 Å². The highest BCUT2D eigenvalue weighted by atomic mass is 35.5. The molecule has 1 fully saturated rings. The molecule has 1 saturated carbocycles. The molecular weight excluding hydrogens is 314 g/mol. The summed E-state index contributed by atoms with van der Waals surface area (Å²) in [7, 11) is 0. The Labute approximate surface area is 140 Å². The third kappa shape index (κ3) is 3.57. The van der Waals surface area contributed by atoms with E-state index in [1.54, 1.807) is 16.9 Å². The van der Waals surface area contributed by atoms with Gasteiger partial charge in [0.15, 0.2) is 0 Å². The van der Waals surface area contributed by atoms with Gasteiger partial charge in [0.25, 0.3) is 5.91 Å². The van der Waals surface area contributed by atoms with E-state index in [2.05, 4.69) is 10.4 Å². The second kappa shape index (κ2) is 6.72. The molecule has 2 N–H and O–H groups in total. The third-order valence-electron chi connectivity index (χ3n) is 4.25. The van der Waals surface area contributed by atoms with Crippen LogP contribution in [0.5, 0.6) is 0 Å². The number of hydrogen-bond acceptors (Lipinski definition) is 3. The monoisotopic (exact) mass is 333 g/mol. The average molecular weight is 334 g/mol. The Morgan fingerprint density at radius 2 is 2.30 bits per heavy atom. The fraction of sp³-hybridized carbons (Fsp3) is 0.412. The van der Waals surface area contributed by atoms with Crippen molar-refractivity contribution in [3.8, 4) is 5.69 Å². The molecule has 0 radical (unpaired) electrons. The minimum absolute atomic E-state index is 0.0430. The quantitative estimate of drug-likeness (QED) is 0.854. The van der Waals surface area contributed by atoms with Gasteiger partial charge in [-0.05, 0) is 50.3 Å². The molecule has 0 bridgehead atoms. The molecule has 3 rings (SSSR count). The zero-order valence-electron chi connectivity index (χ0n) is 13.0. The van der Waals surface area contributed by atoms with Gasteiger partial charge in [-0.15, -0.1) is 0 Å². The summed E-state index contributed by atoms with van der Waals surface area (Å²) >= 11 is 6.02. The van der Waals surface area contributed by atoms with Crippen LogP contribution in [-0.4, -0.2) is 33.4 Å². The van der Waals surface area contributed by atoms with Crippen LogP contribution >= 0.6 is 11.6 Å². The predicted molar refractivity (Wildman–Crippen MR) is 89.0 cm³/mol. The lowest BCUT2D eigenvalue weighted by Crippen LogP contribution is -2.37. The number of amides is 1. The van der Waals surface area contributed by atoms with Gasteiger partial charge < -0.3 is 10.4 Å². The molecule has 1 aromatic carbocycles. The summed E-state index contributed by atoms with van der Waals surface area (Å²) in [5.41, 5.74) is 2.14. The number of carbonyl (C=O) groups excluding carboxylic acids is 1. The summed E-state index contributed by atoms with van der Waals surface area (Å²) in [6.07, 6.45) is 4.41. The van der Waals surface area contributed by atoms with Crippen molar-refractivity contribution in [2.45, 2.75) is 32.2 Å². The molecule has 1 heterocycles. The fourth-order valence-electron chi connectivity index (χ4n) is 2.81. The normalized spacial score (nSPS) is 15.4. The Balaban J connectivity index is 1.79. The van der Waals surface area contributed by atoms with E-state index >= 15 is 0 Å². The first-order chi connectivity index (χ1) is 11.1. The molecule has 0 saturated heterocycles. The summed E-state index contributed by atoms with van der Waals surface area (Å²) in [6, 6.07) is 7.39. The van der Waals surface area contributed by atoms with E-state index in [-0.39, 0.29) is 18.6 Å². The van der Waals surface area contributed by atoms with Crippen LogP contribution in [0.2, 0.25) is 5.02 Å². The van der Waals surface area contributed by atoms with Crippen molar-refractivity contribution in [1.82, 2.24) is 15.1 Å².